The third-order valence-corrected chi connectivity index (χ3v) is 5.14. The predicted octanol–water partition coefficient (Wildman–Crippen LogP) is 4.25. The molecule has 0 spiro atoms. The summed E-state index contributed by atoms with van der Waals surface area (Å²) in [5.74, 6) is -1.88. The van der Waals surface area contributed by atoms with Gasteiger partial charge in [-0.1, -0.05) is 26.0 Å². The molecule has 2 atom stereocenters. The molecule has 2 N–H and O–H groups in total. The number of halogens is 4. The SMILES string of the molecule is CC(C)CC(Oc1ncnc(N2CCC[C@@H]2c2ccc(C(F)(F)F)cc2)c1F)C(N)=O. The van der Waals surface area contributed by atoms with Crippen molar-refractivity contribution in [3.8, 4) is 5.88 Å². The van der Waals surface area contributed by atoms with Gasteiger partial charge in [0.1, 0.15) is 6.33 Å². The number of rotatable bonds is 7. The minimum Gasteiger partial charge on any atom is -0.462 e. The minimum atomic E-state index is -4.42. The van der Waals surface area contributed by atoms with Gasteiger partial charge in [0.2, 0.25) is 5.82 Å². The van der Waals surface area contributed by atoms with Crippen molar-refractivity contribution in [1.82, 2.24) is 9.97 Å². The first-order valence-corrected chi connectivity index (χ1v) is 9.98. The topological polar surface area (TPSA) is 81.3 Å². The maximum atomic E-state index is 15.2. The van der Waals surface area contributed by atoms with E-state index in [2.05, 4.69) is 9.97 Å². The van der Waals surface area contributed by atoms with Crippen molar-refractivity contribution >= 4 is 11.7 Å². The molecule has 1 aromatic carbocycles. The van der Waals surface area contributed by atoms with E-state index in [-0.39, 0.29) is 23.7 Å². The van der Waals surface area contributed by atoms with Crippen LogP contribution in [0.1, 0.15) is 50.3 Å². The van der Waals surface area contributed by atoms with Crippen LogP contribution in [0.4, 0.5) is 23.4 Å². The number of benzene rings is 1. The zero-order valence-electron chi connectivity index (χ0n) is 17.2. The quantitative estimate of drug-likeness (QED) is 0.651. The summed E-state index contributed by atoms with van der Waals surface area (Å²) in [6.45, 7) is 4.21. The van der Waals surface area contributed by atoms with E-state index in [1.807, 2.05) is 13.8 Å². The lowest BCUT2D eigenvalue weighted by molar-refractivity contribution is -0.137. The Hall–Kier alpha value is -2.91. The second-order valence-corrected chi connectivity index (χ2v) is 7.93. The Labute approximate surface area is 177 Å². The van der Waals surface area contributed by atoms with Gasteiger partial charge < -0.3 is 15.4 Å². The van der Waals surface area contributed by atoms with Gasteiger partial charge >= 0.3 is 6.18 Å². The highest BCUT2D eigenvalue weighted by Crippen LogP contribution is 2.39. The van der Waals surface area contributed by atoms with E-state index in [1.165, 1.54) is 12.1 Å². The fourth-order valence-electron chi connectivity index (χ4n) is 3.67. The molecule has 2 heterocycles. The maximum absolute atomic E-state index is 15.2. The van der Waals surface area contributed by atoms with Crippen LogP contribution in [-0.4, -0.2) is 28.5 Å². The predicted molar refractivity (Wildman–Crippen MR) is 106 cm³/mol. The summed E-state index contributed by atoms with van der Waals surface area (Å²) in [5, 5.41) is 0. The summed E-state index contributed by atoms with van der Waals surface area (Å²) in [4.78, 5) is 21.2. The molecule has 6 nitrogen and oxygen atoms in total. The Morgan fingerprint density at radius 1 is 1.26 bits per heavy atom. The normalized spacial score (nSPS) is 17.8. The molecule has 0 radical (unpaired) electrons. The molecular weight excluding hydrogens is 416 g/mol. The van der Waals surface area contributed by atoms with E-state index in [9.17, 15) is 18.0 Å². The molecular formula is C21H24F4N4O2. The van der Waals surface area contributed by atoms with E-state index in [4.69, 9.17) is 10.5 Å². The number of primary amides is 1. The number of hydrogen-bond donors (Lipinski definition) is 1. The van der Waals surface area contributed by atoms with Crippen LogP contribution in [-0.2, 0) is 11.0 Å². The molecule has 1 aliphatic heterocycles. The van der Waals surface area contributed by atoms with E-state index in [1.54, 1.807) is 4.90 Å². The Morgan fingerprint density at radius 2 is 1.94 bits per heavy atom. The lowest BCUT2D eigenvalue weighted by atomic mass is 10.0. The third kappa shape index (κ3) is 5.23. The number of carbonyl (C=O) groups excluding carboxylic acids is 1. The van der Waals surface area contributed by atoms with Crippen LogP contribution in [0.3, 0.4) is 0 Å². The summed E-state index contributed by atoms with van der Waals surface area (Å²) < 4.78 is 59.2. The first kappa shape index (κ1) is 22.8. The molecule has 10 heteroatoms. The Bertz CT molecular complexity index is 919. The zero-order valence-corrected chi connectivity index (χ0v) is 17.2. The number of amides is 1. The fraction of sp³-hybridized carbons (Fsp3) is 0.476. The molecule has 168 valence electrons. The van der Waals surface area contributed by atoms with E-state index in [0.29, 0.717) is 31.4 Å². The van der Waals surface area contributed by atoms with Crippen LogP contribution in [0, 0.1) is 11.7 Å². The van der Waals surface area contributed by atoms with Gasteiger partial charge in [-0.2, -0.15) is 22.5 Å². The first-order valence-electron chi connectivity index (χ1n) is 9.98. The van der Waals surface area contributed by atoms with Crippen LogP contribution in [0.2, 0.25) is 0 Å². The van der Waals surface area contributed by atoms with Crippen LogP contribution < -0.4 is 15.4 Å². The fourth-order valence-corrected chi connectivity index (χ4v) is 3.67. The molecule has 3 rings (SSSR count). The second-order valence-electron chi connectivity index (χ2n) is 7.93. The average molecular weight is 440 g/mol. The number of aromatic nitrogens is 2. The summed E-state index contributed by atoms with van der Waals surface area (Å²) in [5.41, 5.74) is 5.25. The average Bonchev–Trinajstić information content (AvgIpc) is 3.17. The lowest BCUT2D eigenvalue weighted by Crippen LogP contribution is -2.35. The number of carbonyl (C=O) groups is 1. The molecule has 1 fully saturated rings. The molecule has 0 saturated carbocycles. The molecule has 1 unspecified atom stereocenters. The summed E-state index contributed by atoms with van der Waals surface area (Å²) >= 11 is 0. The third-order valence-electron chi connectivity index (χ3n) is 5.14. The van der Waals surface area contributed by atoms with Crippen LogP contribution in [0.15, 0.2) is 30.6 Å². The van der Waals surface area contributed by atoms with Crippen molar-refractivity contribution in [2.24, 2.45) is 11.7 Å². The zero-order chi connectivity index (χ0) is 22.8. The highest BCUT2D eigenvalue weighted by molar-refractivity contribution is 5.79. The van der Waals surface area contributed by atoms with Crippen LogP contribution in [0.25, 0.3) is 0 Å². The lowest BCUT2D eigenvalue weighted by Gasteiger charge is -2.27. The summed E-state index contributed by atoms with van der Waals surface area (Å²) in [6, 6.07) is 4.48. The molecule has 0 bridgehead atoms. The number of hydrogen-bond acceptors (Lipinski definition) is 5. The molecule has 31 heavy (non-hydrogen) atoms. The van der Waals surface area contributed by atoms with Gasteiger partial charge in [-0.3, -0.25) is 4.79 Å². The summed E-state index contributed by atoms with van der Waals surface area (Å²) in [6.07, 6.45) is -2.70. The van der Waals surface area contributed by atoms with Gasteiger partial charge in [0.05, 0.1) is 11.6 Å². The standard InChI is InChI=1S/C21H24F4N4O2/c1-12(2)10-16(18(26)30)31-20-17(22)19(27-11-28-20)29-9-3-4-15(29)13-5-7-14(8-6-13)21(23,24)25/h5-8,11-12,15-16H,3-4,9-10H2,1-2H3,(H2,26,30)/t15-,16?/m1/s1. The van der Waals surface area contributed by atoms with Crippen molar-refractivity contribution in [3.63, 3.8) is 0 Å². The van der Waals surface area contributed by atoms with Crippen molar-refractivity contribution < 1.29 is 27.1 Å². The number of nitrogens with zero attached hydrogens (tertiary/aromatic N) is 3. The van der Waals surface area contributed by atoms with Gasteiger partial charge in [0.25, 0.3) is 11.8 Å². The second kappa shape index (κ2) is 9.07. The van der Waals surface area contributed by atoms with Gasteiger partial charge in [-0.05, 0) is 42.9 Å². The molecule has 0 aliphatic carbocycles. The van der Waals surface area contributed by atoms with Gasteiger partial charge in [-0.15, -0.1) is 0 Å². The monoisotopic (exact) mass is 440 g/mol. The highest BCUT2D eigenvalue weighted by Gasteiger charge is 2.33. The highest BCUT2D eigenvalue weighted by atomic mass is 19.4. The maximum Gasteiger partial charge on any atom is 0.416 e. The number of alkyl halides is 3. The minimum absolute atomic E-state index is 0.0276. The van der Waals surface area contributed by atoms with E-state index < -0.39 is 29.6 Å². The molecule has 1 saturated heterocycles. The molecule has 1 aliphatic rings. The largest absolute Gasteiger partial charge is 0.462 e. The number of anilines is 1. The van der Waals surface area contributed by atoms with E-state index in [0.717, 1.165) is 18.5 Å². The van der Waals surface area contributed by atoms with Crippen LogP contribution >= 0.6 is 0 Å². The van der Waals surface area contributed by atoms with Gasteiger partial charge in [0, 0.05) is 6.54 Å². The molecule has 2 aromatic rings. The summed E-state index contributed by atoms with van der Waals surface area (Å²) in [7, 11) is 0. The molecule has 1 amide bonds. The van der Waals surface area contributed by atoms with E-state index >= 15 is 4.39 Å². The Kier molecular flexibility index (Phi) is 6.66. The Balaban J connectivity index is 1.86. The van der Waals surface area contributed by atoms with Crippen molar-refractivity contribution in [3.05, 3.63) is 47.5 Å². The van der Waals surface area contributed by atoms with Crippen molar-refractivity contribution in [1.29, 1.82) is 0 Å². The van der Waals surface area contributed by atoms with Crippen molar-refractivity contribution in [2.75, 3.05) is 11.4 Å². The molecule has 1 aromatic heterocycles. The van der Waals surface area contributed by atoms with Crippen LogP contribution in [0.5, 0.6) is 5.88 Å². The van der Waals surface area contributed by atoms with Gasteiger partial charge in [0.15, 0.2) is 11.9 Å². The van der Waals surface area contributed by atoms with Crippen molar-refractivity contribution in [2.45, 2.75) is 51.4 Å². The number of nitrogens with two attached hydrogens (primary N) is 1. The Morgan fingerprint density at radius 3 is 2.52 bits per heavy atom. The van der Waals surface area contributed by atoms with Gasteiger partial charge in [-0.25, -0.2) is 4.98 Å². The smallest absolute Gasteiger partial charge is 0.416 e. The first-order chi connectivity index (χ1) is 14.6. The number of ether oxygens (including phenoxy) is 1.